The lowest BCUT2D eigenvalue weighted by molar-refractivity contribution is -0.0388. The maximum atomic E-state index is 15.4. The van der Waals surface area contributed by atoms with Gasteiger partial charge in [-0.1, -0.05) is 0 Å². The van der Waals surface area contributed by atoms with E-state index in [1.165, 1.54) is 19.1 Å². The van der Waals surface area contributed by atoms with Crippen molar-refractivity contribution in [3.63, 3.8) is 0 Å². The van der Waals surface area contributed by atoms with E-state index in [1.54, 1.807) is 0 Å². The van der Waals surface area contributed by atoms with E-state index < -0.39 is 48.1 Å². The molecule has 1 aromatic carbocycles. The fraction of sp³-hybridized carbons (Fsp3) is 0.400. The third-order valence-corrected chi connectivity index (χ3v) is 5.46. The number of amidine groups is 1. The van der Waals surface area contributed by atoms with Crippen LogP contribution >= 0.6 is 0 Å². The van der Waals surface area contributed by atoms with Crippen molar-refractivity contribution in [1.29, 1.82) is 0 Å². The molecule has 1 aliphatic heterocycles. The lowest BCUT2D eigenvalue weighted by Crippen LogP contribution is -2.54. The largest absolute Gasteiger partial charge is 0.455 e. The summed E-state index contributed by atoms with van der Waals surface area (Å²) in [5.41, 5.74) is 1.62. The number of anilines is 1. The molecule has 2 aliphatic rings. The Morgan fingerprint density at radius 2 is 2.09 bits per heavy atom. The summed E-state index contributed by atoms with van der Waals surface area (Å²) in [4.78, 5) is 23.9. The molecule has 3 atom stereocenters. The Bertz CT molecular complexity index is 1060. The second kappa shape index (κ2) is 7.92. The zero-order valence-electron chi connectivity index (χ0n) is 16.8. The first-order chi connectivity index (χ1) is 15.2. The molecule has 2 aromatic rings. The molecule has 170 valence electrons. The van der Waals surface area contributed by atoms with Gasteiger partial charge in [-0.15, -0.1) is 0 Å². The molecule has 0 radical (unpaired) electrons. The van der Waals surface area contributed by atoms with Gasteiger partial charge in [0.2, 0.25) is 12.7 Å². The third kappa shape index (κ3) is 3.92. The number of hydrogen-bond acceptors (Lipinski definition) is 7. The molecule has 1 amide bonds. The average Bonchev–Trinajstić information content (AvgIpc) is 3.51. The molecule has 1 aliphatic carbocycles. The molecule has 1 fully saturated rings. The van der Waals surface area contributed by atoms with Crippen LogP contribution in [-0.4, -0.2) is 46.7 Å². The van der Waals surface area contributed by atoms with E-state index in [4.69, 9.17) is 10.5 Å². The first-order valence-electron chi connectivity index (χ1n) is 9.63. The number of rotatable bonds is 6. The van der Waals surface area contributed by atoms with E-state index >= 15 is 4.39 Å². The normalized spacial score (nSPS) is 26.0. The second-order valence-electron chi connectivity index (χ2n) is 7.71. The van der Waals surface area contributed by atoms with Crippen molar-refractivity contribution in [3.8, 4) is 5.88 Å². The molecule has 2 heterocycles. The highest BCUT2D eigenvalue weighted by Crippen LogP contribution is 2.51. The van der Waals surface area contributed by atoms with Crippen LogP contribution in [0.25, 0.3) is 0 Å². The first-order valence-corrected chi connectivity index (χ1v) is 9.63. The lowest BCUT2D eigenvalue weighted by atomic mass is 9.82. The zero-order chi connectivity index (χ0) is 23.1. The summed E-state index contributed by atoms with van der Waals surface area (Å²) in [6.07, 6.45) is -1.22. The van der Waals surface area contributed by atoms with E-state index in [0.717, 1.165) is 18.5 Å². The number of benzene rings is 1. The van der Waals surface area contributed by atoms with Gasteiger partial charge in [0.1, 0.15) is 17.1 Å². The highest BCUT2D eigenvalue weighted by molar-refractivity contribution is 6.02. The van der Waals surface area contributed by atoms with Crippen molar-refractivity contribution in [2.24, 2.45) is 10.7 Å². The molecule has 4 rings (SSSR count). The minimum atomic E-state index is -2.03. The van der Waals surface area contributed by atoms with Crippen molar-refractivity contribution in [2.45, 2.75) is 43.2 Å². The van der Waals surface area contributed by atoms with E-state index in [9.17, 15) is 18.0 Å². The Balaban J connectivity index is 1.61. The number of ether oxygens (including phenoxy) is 2. The topological polar surface area (TPSA) is 112 Å². The van der Waals surface area contributed by atoms with Crippen molar-refractivity contribution in [3.05, 3.63) is 47.7 Å². The van der Waals surface area contributed by atoms with Gasteiger partial charge in [-0.05, 0) is 38.0 Å². The molecule has 3 N–H and O–H groups in total. The highest BCUT2D eigenvalue weighted by atomic mass is 19.2. The van der Waals surface area contributed by atoms with Crippen LogP contribution in [0.15, 0.2) is 35.6 Å². The van der Waals surface area contributed by atoms with Gasteiger partial charge in [0.25, 0.3) is 11.9 Å². The summed E-state index contributed by atoms with van der Waals surface area (Å²) < 4.78 is 66.5. The van der Waals surface area contributed by atoms with Gasteiger partial charge in [0, 0.05) is 11.3 Å². The molecule has 1 saturated carbocycles. The van der Waals surface area contributed by atoms with Gasteiger partial charge < -0.3 is 20.5 Å². The number of nitrogens with one attached hydrogen (secondary N) is 1. The van der Waals surface area contributed by atoms with Crippen LogP contribution in [0.2, 0.25) is 0 Å². The summed E-state index contributed by atoms with van der Waals surface area (Å²) in [5, 5.41) is 2.48. The number of nitrogens with two attached hydrogens (primary N) is 1. The van der Waals surface area contributed by atoms with E-state index in [2.05, 4.69) is 25.0 Å². The molecule has 12 heteroatoms. The van der Waals surface area contributed by atoms with Crippen molar-refractivity contribution in [2.75, 3.05) is 12.2 Å². The number of amides is 1. The van der Waals surface area contributed by atoms with E-state index in [1.807, 2.05) is 0 Å². The van der Waals surface area contributed by atoms with Crippen LogP contribution in [0.5, 0.6) is 5.88 Å². The summed E-state index contributed by atoms with van der Waals surface area (Å²) in [6, 6.07) is 3.01. The Morgan fingerprint density at radius 3 is 2.72 bits per heavy atom. The van der Waals surface area contributed by atoms with Crippen molar-refractivity contribution < 1.29 is 31.8 Å². The van der Waals surface area contributed by atoms with E-state index in [-0.39, 0.29) is 35.7 Å². The monoisotopic (exact) mass is 453 g/mol. The molecular formula is C20H19F4N5O3. The minimum absolute atomic E-state index is 0.101. The minimum Gasteiger partial charge on any atom is -0.455 e. The van der Waals surface area contributed by atoms with Gasteiger partial charge in [-0.2, -0.15) is 0 Å². The number of alkyl halides is 3. The standard InChI is InChI=1S/C20H19F4N5O3/c1-19(15(23)16(20(24)4-5-20)32-18(25)29-19)11-6-10(2-3-12(11)22)28-17(30)13-7-27-14(8-26-13)31-9-21/h2-3,6-8,15-16H,4-5,9H2,1H3,(H2,25,29)(H,28,30)/t15-,16-,19+/m0/s1. The van der Waals surface area contributed by atoms with Gasteiger partial charge in [-0.3, -0.25) is 4.79 Å². The maximum absolute atomic E-state index is 15.4. The number of halogens is 4. The molecular weight excluding hydrogens is 434 g/mol. The molecule has 0 saturated heterocycles. The quantitative estimate of drug-likeness (QED) is 0.651. The summed E-state index contributed by atoms with van der Waals surface area (Å²) >= 11 is 0. The summed E-state index contributed by atoms with van der Waals surface area (Å²) in [5.74, 6) is -1.64. The number of carbonyl (C=O) groups excluding carboxylic acids is 1. The molecule has 0 unspecified atom stereocenters. The van der Waals surface area contributed by atoms with Crippen LogP contribution in [0.3, 0.4) is 0 Å². The molecule has 0 bridgehead atoms. The van der Waals surface area contributed by atoms with Gasteiger partial charge in [0.15, 0.2) is 17.9 Å². The first kappa shape index (κ1) is 21.8. The predicted molar refractivity (Wildman–Crippen MR) is 105 cm³/mol. The van der Waals surface area contributed by atoms with Gasteiger partial charge in [-0.25, -0.2) is 32.5 Å². The average molecular weight is 453 g/mol. The van der Waals surface area contributed by atoms with Crippen LogP contribution in [0.4, 0.5) is 23.2 Å². The second-order valence-corrected chi connectivity index (χ2v) is 7.71. The van der Waals surface area contributed by atoms with E-state index in [0.29, 0.717) is 0 Å². The van der Waals surface area contributed by atoms with Gasteiger partial charge in [0.05, 0.1) is 12.4 Å². The van der Waals surface area contributed by atoms with Crippen molar-refractivity contribution in [1.82, 2.24) is 9.97 Å². The molecule has 1 aromatic heterocycles. The molecule has 32 heavy (non-hydrogen) atoms. The van der Waals surface area contributed by atoms with Gasteiger partial charge >= 0.3 is 0 Å². The Morgan fingerprint density at radius 1 is 1.34 bits per heavy atom. The van der Waals surface area contributed by atoms with Crippen LogP contribution in [0, 0.1) is 5.82 Å². The van der Waals surface area contributed by atoms with Crippen molar-refractivity contribution >= 4 is 17.6 Å². The lowest BCUT2D eigenvalue weighted by Gasteiger charge is -2.39. The molecule has 8 nitrogen and oxygen atoms in total. The fourth-order valence-electron chi connectivity index (χ4n) is 3.53. The predicted octanol–water partition coefficient (Wildman–Crippen LogP) is 2.94. The zero-order valence-corrected chi connectivity index (χ0v) is 16.8. The Kier molecular flexibility index (Phi) is 5.39. The smallest absolute Gasteiger partial charge is 0.283 e. The number of carbonyl (C=O) groups is 1. The number of hydrogen-bond donors (Lipinski definition) is 2. The maximum Gasteiger partial charge on any atom is 0.283 e. The third-order valence-electron chi connectivity index (χ3n) is 5.46. The number of aliphatic imine (C=N–C) groups is 1. The highest BCUT2D eigenvalue weighted by Gasteiger charge is 2.62. The van der Waals surface area contributed by atoms with Crippen LogP contribution in [0.1, 0.15) is 35.8 Å². The summed E-state index contributed by atoms with van der Waals surface area (Å²) in [6.45, 7) is 0.181. The summed E-state index contributed by atoms with van der Waals surface area (Å²) in [7, 11) is 0. The number of nitrogens with zero attached hydrogens (tertiary/aromatic N) is 3. The Labute approximate surface area is 179 Å². The SMILES string of the molecule is C[C@]1(c2cc(NC(=O)c3cnc(OCF)cn3)ccc2F)N=C(N)O[C@H](C2(F)CC2)[C@@H]1F. The van der Waals surface area contributed by atoms with Crippen LogP contribution in [-0.2, 0) is 10.3 Å². The molecule has 0 spiro atoms. The Hall–Kier alpha value is -3.44. The number of aromatic nitrogens is 2. The van der Waals surface area contributed by atoms with Crippen LogP contribution < -0.4 is 15.8 Å². The fourth-order valence-corrected chi connectivity index (χ4v) is 3.53.